The van der Waals surface area contributed by atoms with Crippen molar-refractivity contribution < 1.29 is 48.2 Å². The average molecular weight is 1450 g/mol. The zero-order valence-corrected chi connectivity index (χ0v) is 62.9. The molecule has 1 fully saturated rings. The van der Waals surface area contributed by atoms with Crippen LogP contribution in [0.3, 0.4) is 0 Å². The van der Waals surface area contributed by atoms with E-state index in [-0.39, 0.29) is 50.7 Å². The first-order chi connectivity index (χ1) is 49.1. The van der Waals surface area contributed by atoms with Gasteiger partial charge in [0.05, 0.1) is 24.9 Å². The van der Waals surface area contributed by atoms with E-state index in [1.54, 1.807) is 81.0 Å². The van der Waals surface area contributed by atoms with Crippen molar-refractivity contribution in [3.63, 3.8) is 0 Å². The lowest BCUT2D eigenvalue weighted by molar-refractivity contribution is -0.145. The van der Waals surface area contributed by atoms with Gasteiger partial charge in [-0.05, 0) is 118 Å². The molecule has 2 aliphatic heterocycles. The number of amides is 8. The van der Waals surface area contributed by atoms with Gasteiger partial charge >= 0.3 is 0 Å². The number of aliphatic hydroxyl groups excluding tert-OH is 1. The molecule has 2 aliphatic rings. The van der Waals surface area contributed by atoms with Crippen LogP contribution in [-0.4, -0.2) is 179 Å². The predicted octanol–water partition coefficient (Wildman–Crippen LogP) is 7.19. The Labute approximate surface area is 610 Å². The topological polar surface area (TPSA) is 323 Å². The van der Waals surface area contributed by atoms with Crippen LogP contribution in [0.5, 0.6) is 0 Å². The van der Waals surface area contributed by atoms with Crippen LogP contribution in [0.15, 0.2) is 96.2 Å². The van der Waals surface area contributed by atoms with Crippen molar-refractivity contribution in [1.29, 1.82) is 0 Å². The number of para-hydroxylation sites is 1. The van der Waals surface area contributed by atoms with Crippen LogP contribution in [0.1, 0.15) is 156 Å². The summed E-state index contributed by atoms with van der Waals surface area (Å²) in [7, 11) is 4.27. The highest BCUT2D eigenvalue weighted by atomic mass is 35.5. The van der Waals surface area contributed by atoms with Crippen molar-refractivity contribution in [1.82, 2.24) is 76.0 Å². The van der Waals surface area contributed by atoms with E-state index in [1.807, 2.05) is 90.8 Å². The molecule has 0 unspecified atom stereocenters. The first-order valence-corrected chi connectivity index (χ1v) is 36.6. The third-order valence-corrected chi connectivity index (χ3v) is 20.8. The van der Waals surface area contributed by atoms with Crippen LogP contribution in [0.4, 0.5) is 0 Å². The van der Waals surface area contributed by atoms with Crippen molar-refractivity contribution in [2.75, 3.05) is 34.4 Å². The number of thiophene rings is 1. The number of halogens is 1. The summed E-state index contributed by atoms with van der Waals surface area (Å²) < 4.78 is 11.7. The molecular weight excluding hydrogens is 1350 g/mol. The van der Waals surface area contributed by atoms with Gasteiger partial charge in [0.2, 0.25) is 47.3 Å². The molecule has 8 amide bonds. The first kappa shape index (κ1) is 78.0. The highest BCUT2D eigenvalue weighted by molar-refractivity contribution is 7.15. The van der Waals surface area contributed by atoms with Gasteiger partial charge in [-0.3, -0.25) is 52.6 Å². The van der Waals surface area contributed by atoms with Crippen LogP contribution in [-0.2, 0) is 62.6 Å². The molecule has 4 aromatic heterocycles. The summed E-state index contributed by atoms with van der Waals surface area (Å²) in [5.41, 5.74) is 6.37. The molecule has 1 saturated heterocycles. The maximum absolute atomic E-state index is 15.6. The van der Waals surface area contributed by atoms with Gasteiger partial charge in [-0.1, -0.05) is 126 Å². The van der Waals surface area contributed by atoms with Crippen molar-refractivity contribution in [2.45, 2.75) is 189 Å². The smallest absolute Gasteiger partial charge is 0.246 e. The molecule has 28 heteroatoms. The summed E-state index contributed by atoms with van der Waals surface area (Å²) in [6.07, 6.45) is 4.98. The summed E-state index contributed by atoms with van der Waals surface area (Å²) in [5.74, 6) is -5.63. The molecule has 6 heterocycles. The molecule has 0 bridgehead atoms. The van der Waals surface area contributed by atoms with E-state index < -0.39 is 114 Å². The molecular formula is C75H99ClN16O10S. The molecule has 7 aromatic rings. The fourth-order valence-corrected chi connectivity index (χ4v) is 14.7. The van der Waals surface area contributed by atoms with Crippen LogP contribution >= 0.6 is 22.9 Å². The van der Waals surface area contributed by atoms with Gasteiger partial charge in [-0.2, -0.15) is 0 Å². The summed E-state index contributed by atoms with van der Waals surface area (Å²) in [5, 5.41) is 48.2. The number of hydrogen-bond acceptors (Lipinski definition) is 16. The number of nitrogens with zero attached hydrogens (tertiary/aromatic N) is 10. The van der Waals surface area contributed by atoms with Gasteiger partial charge in [0.1, 0.15) is 71.0 Å². The lowest BCUT2D eigenvalue weighted by Gasteiger charge is -2.35. The fraction of sp³-hybridized carbons (Fsp3) is 0.507. The standard InChI is InChI=1S/C75H99ClN16O10S/c1-41(2)33-58-70(97)81-62(42(3)4)71(98)80-56(73(100)88(12)59(34-44(7)40-93)69(96)78-46(9)68(95)83-65(66(102-14)50-23-17-15-18-24-50)72(99)82-63(43(5)6)74(101)89(58)13)35-51-37-90(57-26-20-19-25-54(51)57)38-53-39-91(87-85-53)32-22-16-21-31-77-60(94)36-55-67-86-84-48(11)92(67)75-61(45(8)47(10)103-75)64(79-55)49-27-29-52(76)30-28-49/h15,17-20,23-30,37,39,41-44,46,55-56,58-59,62-63,65-66,93H,16,21-22,31-36,38,40H2,1-14H3,(H,77,94)(H,78,96)(H,80,98)(H,81,97)(H,82,99)(H,83,95)/t44-,46+,55-,56+,58+,59+,62+,63+,65+,66-/m1/s1. The number of benzene rings is 3. The number of aliphatic hydroxyl groups is 1. The number of fused-ring (bicyclic) bond motifs is 4. The second-order valence-electron chi connectivity index (χ2n) is 28.4. The summed E-state index contributed by atoms with van der Waals surface area (Å²) in [4.78, 5) is 127. The Morgan fingerprint density at radius 3 is 2.03 bits per heavy atom. The number of nitrogens with one attached hydrogen (secondary N) is 6. The summed E-state index contributed by atoms with van der Waals surface area (Å²) in [6, 6.07) is 14.1. The maximum Gasteiger partial charge on any atom is 0.246 e. The van der Waals surface area contributed by atoms with Crippen molar-refractivity contribution >= 4 is 86.8 Å². The lowest BCUT2D eigenvalue weighted by Crippen LogP contribution is -2.62. The molecule has 0 radical (unpaired) electrons. The molecule has 7 N–H and O–H groups in total. The minimum absolute atomic E-state index is 0.0722. The van der Waals surface area contributed by atoms with Crippen LogP contribution in [0, 0.1) is 44.4 Å². The van der Waals surface area contributed by atoms with E-state index in [9.17, 15) is 33.9 Å². The highest BCUT2D eigenvalue weighted by Gasteiger charge is 2.42. The zero-order chi connectivity index (χ0) is 74.7. The Kier molecular flexibility index (Phi) is 26.4. The molecule has 0 spiro atoms. The Hall–Kier alpha value is -9.18. The first-order valence-electron chi connectivity index (χ1n) is 35.4. The number of aliphatic imine (C=N–C) groups is 1. The number of ether oxygens (including phenoxy) is 1. The van der Waals surface area contributed by atoms with Crippen molar-refractivity contribution in [3.05, 3.63) is 146 Å². The number of aromatic nitrogens is 7. The van der Waals surface area contributed by atoms with E-state index in [1.165, 1.54) is 37.9 Å². The Morgan fingerprint density at radius 1 is 0.709 bits per heavy atom. The Bertz CT molecular complexity index is 4200. The van der Waals surface area contributed by atoms with Gasteiger partial charge in [0.25, 0.3) is 0 Å². The number of aryl methyl sites for hydroxylation is 3. The van der Waals surface area contributed by atoms with Gasteiger partial charge in [0.15, 0.2) is 5.82 Å². The average Bonchev–Trinajstić information content (AvgIpc) is 1.59. The fourth-order valence-electron chi connectivity index (χ4n) is 13.3. The van der Waals surface area contributed by atoms with Crippen molar-refractivity contribution in [3.8, 4) is 5.00 Å². The van der Waals surface area contributed by atoms with Crippen LogP contribution in [0.2, 0.25) is 5.02 Å². The summed E-state index contributed by atoms with van der Waals surface area (Å²) >= 11 is 7.97. The maximum atomic E-state index is 15.6. The SMILES string of the molecule is CO[C@H](c1ccccc1)[C@@H]1NC(=O)[C@H](C)NC(=O)[C@H](C[C@@H](C)CO)N(C)C(=O)[C@H](Cc2cn(Cc3cn(CCCCCNC(=O)C[C@H]4N=C(c5ccc(Cl)cc5)c5c(sc(C)c5C)-n5c(C)nnc54)nn3)c3ccccc23)NC(=O)[C@H](C(C)C)NC(=O)[C@H](CC(C)C)N(C)C(=O)[C@H](C(C)C)NC1=O. The third-order valence-electron chi connectivity index (χ3n) is 19.3. The minimum Gasteiger partial charge on any atom is -0.396 e. The Morgan fingerprint density at radius 2 is 1.35 bits per heavy atom. The van der Waals surface area contributed by atoms with E-state index in [2.05, 4.69) is 66.3 Å². The normalized spacial score (nSPS) is 21.3. The van der Waals surface area contributed by atoms with Gasteiger partial charge in [0, 0.05) is 85.4 Å². The minimum atomic E-state index is -1.48. The molecule has 0 aliphatic carbocycles. The second-order valence-corrected chi connectivity index (χ2v) is 30.0. The number of unbranched alkanes of at least 4 members (excludes halogenated alkanes) is 2. The van der Waals surface area contributed by atoms with Crippen molar-refractivity contribution in [2.24, 2.45) is 28.7 Å². The molecule has 10 atom stereocenters. The number of hydrogen-bond donors (Lipinski definition) is 7. The predicted molar refractivity (Wildman–Crippen MR) is 394 cm³/mol. The lowest BCUT2D eigenvalue weighted by atomic mass is 9.96. The number of carbonyl (C=O) groups excluding carboxylic acids is 8. The van der Waals surface area contributed by atoms with Gasteiger partial charge in [-0.25, -0.2) is 0 Å². The molecule has 0 saturated carbocycles. The molecule has 552 valence electrons. The van der Waals surface area contributed by atoms with E-state index >= 15 is 9.59 Å². The third kappa shape index (κ3) is 18.6. The number of rotatable bonds is 23. The van der Waals surface area contributed by atoms with Crippen LogP contribution < -0.4 is 31.9 Å². The quantitative estimate of drug-likeness (QED) is 0.0312. The zero-order valence-electron chi connectivity index (χ0n) is 61.3. The van der Waals surface area contributed by atoms with Gasteiger partial charge in [-0.15, -0.1) is 26.6 Å². The van der Waals surface area contributed by atoms with E-state index in [4.69, 9.17) is 21.3 Å². The molecule has 26 nitrogen and oxygen atoms in total. The monoisotopic (exact) mass is 1450 g/mol. The number of likely N-dealkylation sites (N-methyl/N-ethyl adjacent to an activating group) is 2. The largest absolute Gasteiger partial charge is 0.396 e. The van der Waals surface area contributed by atoms with E-state index in [0.717, 1.165) is 56.0 Å². The summed E-state index contributed by atoms with van der Waals surface area (Å²) in [6.45, 7) is 20.9. The van der Waals surface area contributed by atoms with Crippen LogP contribution in [0.25, 0.3) is 15.9 Å². The second kappa shape index (κ2) is 34.9. The highest BCUT2D eigenvalue weighted by Crippen LogP contribution is 2.40. The number of carbonyl (C=O) groups is 8. The number of methoxy groups -OCH3 is 1. The van der Waals surface area contributed by atoms with Gasteiger partial charge < -0.3 is 56.1 Å². The van der Waals surface area contributed by atoms with E-state index in [0.29, 0.717) is 53.0 Å². The molecule has 9 rings (SSSR count). The Balaban J connectivity index is 0.931. The molecule has 103 heavy (non-hydrogen) atoms. The molecule has 3 aromatic carbocycles.